The highest BCUT2D eigenvalue weighted by Crippen LogP contribution is 2.38. The van der Waals surface area contributed by atoms with Crippen molar-refractivity contribution in [3.8, 4) is 16.5 Å². The normalized spacial score (nSPS) is 10.6. The molecule has 1 N–H and O–H groups in total. The number of carboxylic acids is 1. The van der Waals surface area contributed by atoms with E-state index < -0.39 is 11.9 Å². The van der Waals surface area contributed by atoms with Crippen LogP contribution in [0.25, 0.3) is 10.4 Å². The first-order chi connectivity index (χ1) is 13.8. The van der Waals surface area contributed by atoms with Crippen molar-refractivity contribution in [2.75, 3.05) is 4.90 Å². The van der Waals surface area contributed by atoms with Gasteiger partial charge in [-0.05, 0) is 50.1 Å². The fourth-order valence-electron chi connectivity index (χ4n) is 3.15. The SMILES string of the molecule is Cc1ccc(C(=O)N(c2cc(-c3ccccc3)sc2C(=O)O)C(C)C)c(C#N)c1. The van der Waals surface area contributed by atoms with Gasteiger partial charge >= 0.3 is 5.97 Å². The molecule has 1 heterocycles. The van der Waals surface area contributed by atoms with Crippen LogP contribution in [-0.2, 0) is 0 Å². The highest BCUT2D eigenvalue weighted by Gasteiger charge is 2.29. The number of nitriles is 1. The van der Waals surface area contributed by atoms with Crippen LogP contribution in [0.2, 0.25) is 0 Å². The van der Waals surface area contributed by atoms with Crippen LogP contribution < -0.4 is 4.90 Å². The average molecular weight is 404 g/mol. The quantitative estimate of drug-likeness (QED) is 0.622. The van der Waals surface area contributed by atoms with Gasteiger partial charge < -0.3 is 10.0 Å². The monoisotopic (exact) mass is 404 g/mol. The van der Waals surface area contributed by atoms with Crippen molar-refractivity contribution in [1.82, 2.24) is 0 Å². The Labute approximate surface area is 173 Å². The molecule has 0 bridgehead atoms. The van der Waals surface area contributed by atoms with E-state index in [-0.39, 0.29) is 22.0 Å². The molecule has 0 saturated heterocycles. The van der Waals surface area contributed by atoms with Gasteiger partial charge in [-0.2, -0.15) is 5.26 Å². The third kappa shape index (κ3) is 4.05. The molecule has 146 valence electrons. The number of benzene rings is 2. The molecule has 6 heteroatoms. The summed E-state index contributed by atoms with van der Waals surface area (Å²) in [4.78, 5) is 27.6. The molecular weight excluding hydrogens is 384 g/mol. The molecule has 0 aliphatic rings. The number of carbonyl (C=O) groups is 2. The van der Waals surface area contributed by atoms with Gasteiger partial charge in [-0.25, -0.2) is 4.79 Å². The molecular formula is C23H20N2O3S. The molecule has 1 amide bonds. The largest absolute Gasteiger partial charge is 0.477 e. The second-order valence-corrected chi connectivity index (χ2v) is 7.98. The molecule has 0 radical (unpaired) electrons. The van der Waals surface area contributed by atoms with Gasteiger partial charge in [0.25, 0.3) is 5.91 Å². The lowest BCUT2D eigenvalue weighted by Crippen LogP contribution is -2.38. The van der Waals surface area contributed by atoms with Crippen LogP contribution in [0.1, 0.15) is 45.0 Å². The van der Waals surface area contributed by atoms with E-state index in [1.54, 1.807) is 24.3 Å². The summed E-state index contributed by atoms with van der Waals surface area (Å²) in [5.74, 6) is -1.48. The third-order valence-electron chi connectivity index (χ3n) is 4.49. The van der Waals surface area contributed by atoms with Gasteiger partial charge in [0, 0.05) is 10.9 Å². The maximum absolute atomic E-state index is 13.4. The Morgan fingerprint density at radius 2 is 1.79 bits per heavy atom. The Hall–Kier alpha value is -3.43. The smallest absolute Gasteiger partial charge is 0.348 e. The van der Waals surface area contributed by atoms with Gasteiger partial charge in [-0.15, -0.1) is 11.3 Å². The molecule has 2 aromatic carbocycles. The number of carboxylic acid groups (broad SMARTS) is 1. The lowest BCUT2D eigenvalue weighted by atomic mass is 10.0. The van der Waals surface area contributed by atoms with E-state index in [1.807, 2.05) is 51.1 Å². The number of anilines is 1. The molecule has 3 aromatic rings. The average Bonchev–Trinajstić information content (AvgIpc) is 3.13. The van der Waals surface area contributed by atoms with Crippen molar-refractivity contribution >= 4 is 28.9 Å². The van der Waals surface area contributed by atoms with Crippen molar-refractivity contribution in [3.05, 3.63) is 76.2 Å². The van der Waals surface area contributed by atoms with Crippen LogP contribution in [0, 0.1) is 18.3 Å². The molecule has 5 nitrogen and oxygen atoms in total. The van der Waals surface area contributed by atoms with E-state index >= 15 is 0 Å². The summed E-state index contributed by atoms with van der Waals surface area (Å²) in [5.41, 5.74) is 2.63. The van der Waals surface area contributed by atoms with Gasteiger partial charge in [-0.1, -0.05) is 36.4 Å². The number of hydrogen-bond donors (Lipinski definition) is 1. The van der Waals surface area contributed by atoms with Gasteiger partial charge in [0.15, 0.2) is 0 Å². The first kappa shape index (κ1) is 20.3. The molecule has 0 unspecified atom stereocenters. The number of aromatic carboxylic acids is 1. The number of carbonyl (C=O) groups excluding carboxylic acids is 1. The van der Waals surface area contributed by atoms with Crippen LogP contribution in [0.4, 0.5) is 5.69 Å². The minimum absolute atomic E-state index is 0.0940. The number of nitrogens with zero attached hydrogens (tertiary/aromatic N) is 2. The topological polar surface area (TPSA) is 81.4 Å². The van der Waals surface area contributed by atoms with Crippen LogP contribution >= 0.6 is 11.3 Å². The molecule has 1 aromatic heterocycles. The summed E-state index contributed by atoms with van der Waals surface area (Å²) in [6.07, 6.45) is 0. The summed E-state index contributed by atoms with van der Waals surface area (Å²) in [6.45, 7) is 5.50. The Bertz CT molecular complexity index is 1110. The highest BCUT2D eigenvalue weighted by atomic mass is 32.1. The summed E-state index contributed by atoms with van der Waals surface area (Å²) in [6, 6.07) is 18.0. The predicted molar refractivity (Wildman–Crippen MR) is 115 cm³/mol. The number of hydrogen-bond acceptors (Lipinski definition) is 4. The molecule has 29 heavy (non-hydrogen) atoms. The predicted octanol–water partition coefficient (Wildman–Crippen LogP) is 5.35. The first-order valence-corrected chi connectivity index (χ1v) is 9.92. The molecule has 0 aliphatic carbocycles. The fourth-order valence-corrected chi connectivity index (χ4v) is 4.14. The van der Waals surface area contributed by atoms with Crippen LogP contribution in [-0.4, -0.2) is 23.0 Å². The zero-order valence-electron chi connectivity index (χ0n) is 16.3. The zero-order valence-corrected chi connectivity index (χ0v) is 17.2. The van der Waals surface area contributed by atoms with E-state index in [4.69, 9.17) is 0 Å². The molecule has 0 aliphatic heterocycles. The lowest BCUT2D eigenvalue weighted by molar-refractivity contribution is 0.0703. The van der Waals surface area contributed by atoms with Gasteiger partial charge in [0.2, 0.25) is 0 Å². The number of amides is 1. The van der Waals surface area contributed by atoms with Gasteiger partial charge in [-0.3, -0.25) is 4.79 Å². The minimum Gasteiger partial charge on any atom is -0.477 e. The Morgan fingerprint density at radius 3 is 2.38 bits per heavy atom. The summed E-state index contributed by atoms with van der Waals surface area (Å²) >= 11 is 1.13. The van der Waals surface area contributed by atoms with Gasteiger partial charge in [0.05, 0.1) is 22.9 Å². The summed E-state index contributed by atoms with van der Waals surface area (Å²) in [7, 11) is 0. The Morgan fingerprint density at radius 1 is 1.10 bits per heavy atom. The van der Waals surface area contributed by atoms with E-state index in [2.05, 4.69) is 6.07 Å². The van der Waals surface area contributed by atoms with Crippen LogP contribution in [0.5, 0.6) is 0 Å². The Balaban J connectivity index is 2.15. The summed E-state index contributed by atoms with van der Waals surface area (Å²) < 4.78 is 0. The maximum Gasteiger partial charge on any atom is 0.348 e. The van der Waals surface area contributed by atoms with E-state index in [0.717, 1.165) is 27.3 Å². The lowest BCUT2D eigenvalue weighted by Gasteiger charge is -2.27. The Kier molecular flexibility index (Phi) is 5.81. The maximum atomic E-state index is 13.4. The first-order valence-electron chi connectivity index (χ1n) is 9.10. The van der Waals surface area contributed by atoms with Crippen molar-refractivity contribution in [3.63, 3.8) is 0 Å². The summed E-state index contributed by atoms with van der Waals surface area (Å²) in [5, 5.41) is 19.2. The van der Waals surface area contributed by atoms with E-state index in [1.165, 1.54) is 4.90 Å². The van der Waals surface area contributed by atoms with Crippen molar-refractivity contribution in [2.45, 2.75) is 26.8 Å². The number of rotatable bonds is 5. The molecule has 0 spiro atoms. The zero-order chi connectivity index (χ0) is 21.1. The fraction of sp³-hybridized carbons (Fsp3) is 0.174. The molecule has 0 atom stereocenters. The third-order valence-corrected chi connectivity index (χ3v) is 5.65. The van der Waals surface area contributed by atoms with Crippen molar-refractivity contribution in [2.24, 2.45) is 0 Å². The van der Waals surface area contributed by atoms with Crippen LogP contribution in [0.3, 0.4) is 0 Å². The number of aryl methyl sites for hydroxylation is 1. The van der Waals surface area contributed by atoms with Crippen molar-refractivity contribution in [1.29, 1.82) is 5.26 Å². The molecule has 3 rings (SSSR count). The standard InChI is InChI=1S/C23H20N2O3S/c1-14(2)25(22(26)18-10-9-15(3)11-17(18)13-24)19-12-20(29-21(19)23(27)28)16-7-5-4-6-8-16/h4-12,14H,1-3H3,(H,27,28). The van der Waals surface area contributed by atoms with Crippen LogP contribution in [0.15, 0.2) is 54.6 Å². The van der Waals surface area contributed by atoms with E-state index in [9.17, 15) is 20.0 Å². The number of thiophene rings is 1. The van der Waals surface area contributed by atoms with Gasteiger partial charge in [0.1, 0.15) is 4.88 Å². The molecule has 0 fully saturated rings. The second kappa shape index (κ2) is 8.29. The second-order valence-electron chi connectivity index (χ2n) is 6.93. The molecule has 0 saturated carbocycles. The highest BCUT2D eigenvalue weighted by molar-refractivity contribution is 7.18. The van der Waals surface area contributed by atoms with E-state index in [0.29, 0.717) is 5.69 Å². The van der Waals surface area contributed by atoms with Crippen molar-refractivity contribution < 1.29 is 14.7 Å². The minimum atomic E-state index is -1.09.